The molecule has 0 aliphatic carbocycles. The zero-order valence-corrected chi connectivity index (χ0v) is 10.3. The third-order valence-corrected chi connectivity index (χ3v) is 3.04. The van der Waals surface area contributed by atoms with Crippen LogP contribution in [0.25, 0.3) is 0 Å². The van der Waals surface area contributed by atoms with Gasteiger partial charge in [-0.2, -0.15) is 0 Å². The van der Waals surface area contributed by atoms with Gasteiger partial charge in [0.1, 0.15) is 5.82 Å². The van der Waals surface area contributed by atoms with Crippen LogP contribution in [0.3, 0.4) is 0 Å². The molecule has 2 unspecified atom stereocenters. The van der Waals surface area contributed by atoms with Crippen molar-refractivity contribution >= 4 is 11.6 Å². The maximum atomic E-state index is 13.5. The Balaban J connectivity index is 2.80. The van der Waals surface area contributed by atoms with E-state index in [-0.39, 0.29) is 18.0 Å². The minimum atomic E-state index is -0.311. The lowest BCUT2D eigenvalue weighted by Gasteiger charge is -2.21. The highest BCUT2D eigenvalue weighted by molar-refractivity contribution is 6.31. The Kier molecular flexibility index (Phi) is 5.19. The molecule has 0 heterocycles. The average Bonchev–Trinajstić information content (AvgIpc) is 2.25. The van der Waals surface area contributed by atoms with Crippen molar-refractivity contribution in [3.8, 4) is 0 Å². The normalized spacial score (nSPS) is 14.8. The van der Waals surface area contributed by atoms with E-state index in [9.17, 15) is 4.39 Å². The van der Waals surface area contributed by atoms with Crippen molar-refractivity contribution in [2.45, 2.75) is 31.9 Å². The van der Waals surface area contributed by atoms with Gasteiger partial charge in [0, 0.05) is 23.7 Å². The first-order chi connectivity index (χ1) is 7.60. The van der Waals surface area contributed by atoms with E-state index < -0.39 is 0 Å². The summed E-state index contributed by atoms with van der Waals surface area (Å²) >= 11 is 5.93. The zero-order valence-electron chi connectivity index (χ0n) is 9.54. The number of hydrogen-bond donors (Lipinski definition) is 1. The Labute approximate surface area is 101 Å². The lowest BCUT2D eigenvalue weighted by Crippen LogP contribution is -2.37. The van der Waals surface area contributed by atoms with Crippen LogP contribution >= 0.6 is 11.6 Å². The highest BCUT2D eigenvalue weighted by Crippen LogP contribution is 2.21. The van der Waals surface area contributed by atoms with E-state index in [0.29, 0.717) is 17.0 Å². The molecule has 0 spiro atoms. The highest BCUT2D eigenvalue weighted by atomic mass is 35.5. The Morgan fingerprint density at radius 1 is 1.50 bits per heavy atom. The molecule has 0 radical (unpaired) electrons. The molecule has 2 N–H and O–H groups in total. The summed E-state index contributed by atoms with van der Waals surface area (Å²) in [5.41, 5.74) is 6.42. The Hall–Kier alpha value is -0.640. The molecule has 1 aromatic rings. The lowest BCUT2D eigenvalue weighted by molar-refractivity contribution is 0.0771. The van der Waals surface area contributed by atoms with E-state index in [1.807, 2.05) is 6.92 Å². The topological polar surface area (TPSA) is 35.2 Å². The third-order valence-electron chi connectivity index (χ3n) is 2.68. The number of nitrogens with two attached hydrogens (primary N) is 1. The fourth-order valence-corrected chi connectivity index (χ4v) is 1.98. The van der Waals surface area contributed by atoms with Gasteiger partial charge in [0.25, 0.3) is 0 Å². The second-order valence-corrected chi connectivity index (χ2v) is 4.16. The average molecular weight is 246 g/mol. The van der Waals surface area contributed by atoms with E-state index >= 15 is 0 Å². The van der Waals surface area contributed by atoms with Gasteiger partial charge in [-0.25, -0.2) is 4.39 Å². The zero-order chi connectivity index (χ0) is 12.1. The molecular weight excluding hydrogens is 229 g/mol. The van der Waals surface area contributed by atoms with Gasteiger partial charge in [0.05, 0.1) is 6.10 Å². The van der Waals surface area contributed by atoms with E-state index in [4.69, 9.17) is 22.1 Å². The predicted molar refractivity (Wildman–Crippen MR) is 64.2 cm³/mol. The molecule has 0 bridgehead atoms. The number of ether oxygens (including phenoxy) is 1. The predicted octanol–water partition coefficient (Wildman–Crippen LogP) is 2.77. The molecule has 0 aliphatic heterocycles. The van der Waals surface area contributed by atoms with Crippen LogP contribution in [0, 0.1) is 5.82 Å². The van der Waals surface area contributed by atoms with Crippen molar-refractivity contribution in [2.75, 3.05) is 7.11 Å². The minimum Gasteiger partial charge on any atom is -0.380 e. The first-order valence-electron chi connectivity index (χ1n) is 5.31. The van der Waals surface area contributed by atoms with Crippen molar-refractivity contribution < 1.29 is 9.13 Å². The number of hydrogen-bond acceptors (Lipinski definition) is 2. The van der Waals surface area contributed by atoms with Crippen molar-refractivity contribution in [3.63, 3.8) is 0 Å². The van der Waals surface area contributed by atoms with Crippen LogP contribution in [0.1, 0.15) is 18.9 Å². The molecule has 1 rings (SSSR count). The second kappa shape index (κ2) is 6.18. The van der Waals surface area contributed by atoms with Gasteiger partial charge in [-0.15, -0.1) is 0 Å². The molecule has 0 saturated heterocycles. The fraction of sp³-hybridized carbons (Fsp3) is 0.500. The summed E-state index contributed by atoms with van der Waals surface area (Å²) in [5, 5.41) is 0.418. The lowest BCUT2D eigenvalue weighted by atomic mass is 10.00. The van der Waals surface area contributed by atoms with Gasteiger partial charge in [-0.1, -0.05) is 24.6 Å². The van der Waals surface area contributed by atoms with Crippen LogP contribution in [0.5, 0.6) is 0 Å². The van der Waals surface area contributed by atoms with Crippen LogP contribution in [-0.4, -0.2) is 19.3 Å². The SMILES string of the molecule is CCC(OC)C(N)Cc1c(F)cccc1Cl. The van der Waals surface area contributed by atoms with Crippen molar-refractivity contribution in [2.24, 2.45) is 5.73 Å². The molecule has 0 aliphatic rings. The summed E-state index contributed by atoms with van der Waals surface area (Å²) in [6, 6.07) is 4.40. The fourth-order valence-electron chi connectivity index (χ4n) is 1.74. The van der Waals surface area contributed by atoms with Gasteiger partial charge < -0.3 is 10.5 Å². The van der Waals surface area contributed by atoms with E-state index in [0.717, 1.165) is 6.42 Å². The van der Waals surface area contributed by atoms with Crippen molar-refractivity contribution in [1.82, 2.24) is 0 Å². The summed E-state index contributed by atoms with van der Waals surface area (Å²) in [7, 11) is 1.61. The van der Waals surface area contributed by atoms with Crippen molar-refractivity contribution in [3.05, 3.63) is 34.6 Å². The maximum absolute atomic E-state index is 13.5. The van der Waals surface area contributed by atoms with E-state index in [1.54, 1.807) is 19.2 Å². The molecule has 2 nitrogen and oxygen atoms in total. The molecule has 2 atom stereocenters. The molecule has 0 saturated carbocycles. The molecule has 0 fully saturated rings. The molecule has 0 aromatic heterocycles. The number of halogens is 2. The number of methoxy groups -OCH3 is 1. The second-order valence-electron chi connectivity index (χ2n) is 3.75. The van der Waals surface area contributed by atoms with E-state index in [2.05, 4.69) is 0 Å². The summed E-state index contributed by atoms with van der Waals surface area (Å²) in [6.45, 7) is 1.98. The molecule has 16 heavy (non-hydrogen) atoms. The Bertz CT molecular complexity index is 322. The summed E-state index contributed by atoms with van der Waals surface area (Å²) in [4.78, 5) is 0. The van der Waals surface area contributed by atoms with Crippen LogP contribution < -0.4 is 5.73 Å². The van der Waals surface area contributed by atoms with Gasteiger partial charge in [0.2, 0.25) is 0 Å². The summed E-state index contributed by atoms with van der Waals surface area (Å²) in [5.74, 6) is -0.311. The van der Waals surface area contributed by atoms with Crippen LogP contribution in [0.2, 0.25) is 5.02 Å². The molecule has 90 valence electrons. The highest BCUT2D eigenvalue weighted by Gasteiger charge is 2.18. The van der Waals surface area contributed by atoms with Gasteiger partial charge in [-0.05, 0) is 25.0 Å². The van der Waals surface area contributed by atoms with Crippen LogP contribution in [0.4, 0.5) is 4.39 Å². The first-order valence-corrected chi connectivity index (χ1v) is 5.69. The third kappa shape index (κ3) is 3.17. The number of benzene rings is 1. The van der Waals surface area contributed by atoms with E-state index in [1.165, 1.54) is 6.07 Å². The number of rotatable bonds is 5. The van der Waals surface area contributed by atoms with Crippen molar-refractivity contribution in [1.29, 1.82) is 0 Å². The Morgan fingerprint density at radius 2 is 2.19 bits per heavy atom. The summed E-state index contributed by atoms with van der Waals surface area (Å²) < 4.78 is 18.7. The molecule has 0 amide bonds. The van der Waals surface area contributed by atoms with Gasteiger partial charge in [-0.3, -0.25) is 0 Å². The van der Waals surface area contributed by atoms with Gasteiger partial charge in [0.15, 0.2) is 0 Å². The first kappa shape index (κ1) is 13.4. The van der Waals surface area contributed by atoms with Crippen LogP contribution in [-0.2, 0) is 11.2 Å². The van der Waals surface area contributed by atoms with Crippen LogP contribution in [0.15, 0.2) is 18.2 Å². The quantitative estimate of drug-likeness (QED) is 0.866. The van der Waals surface area contributed by atoms with Gasteiger partial charge >= 0.3 is 0 Å². The molecule has 1 aromatic carbocycles. The molecular formula is C12H17ClFNO. The smallest absolute Gasteiger partial charge is 0.127 e. The monoisotopic (exact) mass is 245 g/mol. The summed E-state index contributed by atoms with van der Waals surface area (Å²) in [6.07, 6.45) is 1.11. The Morgan fingerprint density at radius 3 is 2.69 bits per heavy atom. The largest absolute Gasteiger partial charge is 0.380 e. The standard InChI is InChI=1S/C12H17ClFNO/c1-3-12(16-2)11(15)7-8-9(13)5-4-6-10(8)14/h4-6,11-12H,3,7,15H2,1-2H3. The minimum absolute atomic E-state index is 0.0735. The molecule has 4 heteroatoms. The maximum Gasteiger partial charge on any atom is 0.127 e.